The molecule has 7 heteroatoms. The summed E-state index contributed by atoms with van der Waals surface area (Å²) in [5, 5.41) is 13.5. The molecule has 0 aromatic heterocycles. The number of anilines is 1. The molecule has 108 valence electrons. The van der Waals surface area contributed by atoms with Gasteiger partial charge in [-0.25, -0.2) is 0 Å². The number of rotatable bonds is 3. The van der Waals surface area contributed by atoms with Crippen molar-refractivity contribution in [3.63, 3.8) is 0 Å². The third-order valence-electron chi connectivity index (χ3n) is 2.78. The maximum atomic E-state index is 12.2. The predicted molar refractivity (Wildman–Crippen MR) is 84.9 cm³/mol. The van der Waals surface area contributed by atoms with Gasteiger partial charge in [0.25, 0.3) is 11.6 Å². The Hall–Kier alpha value is -1.92. The van der Waals surface area contributed by atoms with E-state index in [0.29, 0.717) is 5.69 Å². The summed E-state index contributed by atoms with van der Waals surface area (Å²) in [5.41, 5.74) is 1.44. The summed E-state index contributed by atoms with van der Waals surface area (Å²) in [7, 11) is 0. The van der Waals surface area contributed by atoms with Crippen molar-refractivity contribution in [2.24, 2.45) is 0 Å². The van der Waals surface area contributed by atoms with Crippen LogP contribution in [0.15, 0.2) is 40.9 Å². The van der Waals surface area contributed by atoms with E-state index in [1.165, 1.54) is 12.1 Å². The average molecular weight is 370 g/mol. The number of benzene rings is 2. The Bertz CT molecular complexity index is 734. The van der Waals surface area contributed by atoms with E-state index in [1.807, 2.05) is 19.1 Å². The van der Waals surface area contributed by atoms with Crippen molar-refractivity contribution in [1.29, 1.82) is 0 Å². The molecule has 0 radical (unpaired) electrons. The highest BCUT2D eigenvalue weighted by Crippen LogP contribution is 2.27. The van der Waals surface area contributed by atoms with Crippen molar-refractivity contribution in [3.8, 4) is 0 Å². The van der Waals surface area contributed by atoms with Crippen molar-refractivity contribution in [2.75, 3.05) is 5.32 Å². The number of nitro benzene ring substituents is 1. The maximum Gasteiger partial charge on any atom is 0.288 e. The van der Waals surface area contributed by atoms with Crippen LogP contribution in [0.5, 0.6) is 0 Å². The molecule has 0 saturated carbocycles. The van der Waals surface area contributed by atoms with E-state index in [-0.39, 0.29) is 16.3 Å². The first-order valence-corrected chi connectivity index (χ1v) is 7.07. The van der Waals surface area contributed by atoms with Crippen molar-refractivity contribution in [3.05, 3.63) is 67.1 Å². The predicted octanol–water partition coefficient (Wildman–Crippen LogP) is 4.57. The van der Waals surface area contributed by atoms with Crippen LogP contribution in [0, 0.1) is 17.0 Å². The summed E-state index contributed by atoms with van der Waals surface area (Å²) >= 11 is 9.06. The van der Waals surface area contributed by atoms with Crippen LogP contribution >= 0.6 is 27.5 Å². The molecule has 2 aromatic rings. The molecule has 0 spiro atoms. The highest BCUT2D eigenvalue weighted by molar-refractivity contribution is 9.10. The second kappa shape index (κ2) is 6.24. The number of hydrogen-bond donors (Lipinski definition) is 1. The topological polar surface area (TPSA) is 72.2 Å². The van der Waals surface area contributed by atoms with Gasteiger partial charge in [0.2, 0.25) is 0 Å². The molecule has 0 unspecified atom stereocenters. The van der Waals surface area contributed by atoms with Gasteiger partial charge in [-0.1, -0.05) is 17.7 Å². The van der Waals surface area contributed by atoms with E-state index < -0.39 is 10.8 Å². The molecule has 0 bridgehead atoms. The normalized spacial score (nSPS) is 10.2. The van der Waals surface area contributed by atoms with Gasteiger partial charge < -0.3 is 5.32 Å². The maximum absolute atomic E-state index is 12.2. The Morgan fingerprint density at radius 1 is 1.29 bits per heavy atom. The van der Waals surface area contributed by atoms with Gasteiger partial charge >= 0.3 is 0 Å². The number of carbonyl (C=O) groups is 1. The van der Waals surface area contributed by atoms with E-state index in [0.717, 1.165) is 16.1 Å². The largest absolute Gasteiger partial charge is 0.321 e. The van der Waals surface area contributed by atoms with E-state index in [4.69, 9.17) is 11.6 Å². The molecule has 0 aliphatic heterocycles. The summed E-state index contributed by atoms with van der Waals surface area (Å²) < 4.78 is 0.727. The smallest absolute Gasteiger partial charge is 0.288 e. The van der Waals surface area contributed by atoms with Gasteiger partial charge in [0.05, 0.1) is 10.6 Å². The molecule has 0 atom stereocenters. The quantitative estimate of drug-likeness (QED) is 0.636. The summed E-state index contributed by atoms with van der Waals surface area (Å²) in [6, 6.07) is 9.43. The zero-order chi connectivity index (χ0) is 15.6. The number of nitro groups is 1. The highest BCUT2D eigenvalue weighted by atomic mass is 79.9. The number of amides is 1. The lowest BCUT2D eigenvalue weighted by Gasteiger charge is -2.08. The summed E-state index contributed by atoms with van der Waals surface area (Å²) in [6.45, 7) is 1.90. The number of hydrogen-bond acceptors (Lipinski definition) is 3. The fourth-order valence-electron chi connectivity index (χ4n) is 1.72. The number of nitrogens with zero attached hydrogens (tertiary/aromatic N) is 1. The average Bonchev–Trinajstić information content (AvgIpc) is 2.43. The van der Waals surface area contributed by atoms with Crippen molar-refractivity contribution >= 4 is 44.8 Å². The second-order valence-corrected chi connectivity index (χ2v) is 5.62. The number of nitrogens with one attached hydrogen (secondary N) is 1. The van der Waals surface area contributed by atoms with Crippen LogP contribution in [0.25, 0.3) is 0 Å². The van der Waals surface area contributed by atoms with Gasteiger partial charge in [-0.15, -0.1) is 0 Å². The van der Waals surface area contributed by atoms with Gasteiger partial charge in [-0.05, 0) is 52.7 Å². The minimum Gasteiger partial charge on any atom is -0.321 e. The molecule has 0 aliphatic carbocycles. The molecule has 2 rings (SSSR count). The summed E-state index contributed by atoms with van der Waals surface area (Å²) in [4.78, 5) is 22.4. The fourth-order valence-corrected chi connectivity index (χ4v) is 2.26. The Morgan fingerprint density at radius 3 is 2.67 bits per heavy atom. The molecule has 0 saturated heterocycles. The second-order valence-electron chi connectivity index (χ2n) is 4.36. The minimum absolute atomic E-state index is 0.00622. The number of halogens is 2. The first kappa shape index (κ1) is 15.5. The third-order valence-corrected chi connectivity index (χ3v) is 3.79. The minimum atomic E-state index is -0.623. The van der Waals surface area contributed by atoms with Crippen LogP contribution in [-0.2, 0) is 0 Å². The van der Waals surface area contributed by atoms with Gasteiger partial charge in [0.15, 0.2) is 0 Å². The SMILES string of the molecule is Cc1ccc(Br)c(NC(=O)c2ccc(Cl)c([N+](=O)[O-])c2)c1. The van der Waals surface area contributed by atoms with Crippen LogP contribution in [-0.4, -0.2) is 10.8 Å². The van der Waals surface area contributed by atoms with E-state index in [1.54, 1.807) is 6.07 Å². The molecule has 0 heterocycles. The molecule has 0 fully saturated rings. The van der Waals surface area contributed by atoms with Crippen LogP contribution in [0.1, 0.15) is 15.9 Å². The Kier molecular flexibility index (Phi) is 4.59. The van der Waals surface area contributed by atoms with Crippen molar-refractivity contribution < 1.29 is 9.72 Å². The van der Waals surface area contributed by atoms with Gasteiger partial charge in [0.1, 0.15) is 5.02 Å². The monoisotopic (exact) mass is 368 g/mol. The molecule has 1 amide bonds. The molecular formula is C14H10BrClN2O3. The van der Waals surface area contributed by atoms with Gasteiger partial charge in [0, 0.05) is 16.1 Å². The van der Waals surface area contributed by atoms with E-state index in [2.05, 4.69) is 21.2 Å². The van der Waals surface area contributed by atoms with Crippen LogP contribution in [0.2, 0.25) is 5.02 Å². The fraction of sp³-hybridized carbons (Fsp3) is 0.0714. The highest BCUT2D eigenvalue weighted by Gasteiger charge is 2.16. The standard InChI is InChI=1S/C14H10BrClN2O3/c1-8-2-4-10(15)12(6-8)17-14(19)9-3-5-11(16)13(7-9)18(20)21/h2-7H,1H3,(H,17,19). The van der Waals surface area contributed by atoms with Crippen LogP contribution < -0.4 is 5.32 Å². The third kappa shape index (κ3) is 3.59. The molecule has 0 aliphatic rings. The Labute approximate surface area is 134 Å². The first-order valence-electron chi connectivity index (χ1n) is 5.90. The van der Waals surface area contributed by atoms with E-state index in [9.17, 15) is 14.9 Å². The zero-order valence-electron chi connectivity index (χ0n) is 10.9. The zero-order valence-corrected chi connectivity index (χ0v) is 13.2. The summed E-state index contributed by atoms with van der Waals surface area (Å²) in [6.07, 6.45) is 0. The first-order chi connectivity index (χ1) is 9.88. The lowest BCUT2D eigenvalue weighted by molar-refractivity contribution is -0.384. The van der Waals surface area contributed by atoms with Gasteiger partial charge in [-0.3, -0.25) is 14.9 Å². The Balaban J connectivity index is 2.30. The molecular weight excluding hydrogens is 360 g/mol. The number of carbonyl (C=O) groups excluding carboxylic acids is 1. The van der Waals surface area contributed by atoms with E-state index >= 15 is 0 Å². The lowest BCUT2D eigenvalue weighted by Crippen LogP contribution is -2.12. The van der Waals surface area contributed by atoms with Crippen LogP contribution in [0.3, 0.4) is 0 Å². The Morgan fingerprint density at radius 2 is 2.00 bits per heavy atom. The number of aryl methyl sites for hydroxylation is 1. The molecule has 5 nitrogen and oxygen atoms in total. The van der Waals surface area contributed by atoms with Gasteiger partial charge in [-0.2, -0.15) is 0 Å². The molecule has 1 N–H and O–H groups in total. The molecule has 2 aromatic carbocycles. The lowest BCUT2D eigenvalue weighted by atomic mass is 10.1. The van der Waals surface area contributed by atoms with Crippen molar-refractivity contribution in [2.45, 2.75) is 6.92 Å². The van der Waals surface area contributed by atoms with Crippen LogP contribution in [0.4, 0.5) is 11.4 Å². The molecule has 21 heavy (non-hydrogen) atoms. The van der Waals surface area contributed by atoms with Crippen molar-refractivity contribution in [1.82, 2.24) is 0 Å². The summed E-state index contributed by atoms with van der Waals surface area (Å²) in [5.74, 6) is -0.443.